The Morgan fingerprint density at radius 1 is 1.37 bits per heavy atom. The summed E-state index contributed by atoms with van der Waals surface area (Å²) in [6.07, 6.45) is 6.38. The van der Waals surface area contributed by atoms with Crippen molar-refractivity contribution in [1.29, 1.82) is 0 Å². The molecule has 1 aromatic heterocycles. The molecule has 3 rings (SSSR count). The van der Waals surface area contributed by atoms with Gasteiger partial charge in [-0.1, -0.05) is 13.3 Å². The summed E-state index contributed by atoms with van der Waals surface area (Å²) < 4.78 is 6.83. The van der Waals surface area contributed by atoms with Crippen molar-refractivity contribution in [3.63, 3.8) is 0 Å². The van der Waals surface area contributed by atoms with Crippen LogP contribution in [0.4, 0.5) is 0 Å². The normalized spacial score (nSPS) is 17.5. The molecule has 0 saturated heterocycles. The lowest BCUT2D eigenvalue weighted by Crippen LogP contribution is -2.36. The van der Waals surface area contributed by atoms with Crippen molar-refractivity contribution in [2.75, 3.05) is 6.61 Å². The molecule has 2 unspecified atom stereocenters. The maximum Gasteiger partial charge on any atom is 0.234 e. The lowest BCUT2D eigenvalue weighted by molar-refractivity contribution is -0.119. The number of amides is 1. The zero-order valence-electron chi connectivity index (χ0n) is 15.8. The number of benzene rings is 1. The van der Waals surface area contributed by atoms with Crippen LogP contribution < -0.4 is 21.6 Å². The average Bonchev–Trinajstić information content (AvgIpc) is 2.67. The van der Waals surface area contributed by atoms with Gasteiger partial charge in [0, 0.05) is 20.5 Å². The Kier molecular flexibility index (Phi) is 6.50. The largest absolute Gasteiger partial charge is 0.494 e. The van der Waals surface area contributed by atoms with Crippen LogP contribution in [0.5, 0.6) is 5.75 Å². The molecule has 0 spiro atoms. The van der Waals surface area contributed by atoms with Crippen LogP contribution in [0.15, 0.2) is 23.0 Å². The molecule has 1 aliphatic rings. The quantitative estimate of drug-likeness (QED) is 0.679. The first-order valence-electron chi connectivity index (χ1n) is 9.76. The fourth-order valence-corrected chi connectivity index (χ4v) is 4.97. The Morgan fingerprint density at radius 2 is 2.19 bits per heavy atom. The Hall–Kier alpha value is -1.92. The maximum absolute atomic E-state index is 12.8. The van der Waals surface area contributed by atoms with Crippen LogP contribution in [0, 0.1) is 5.92 Å². The van der Waals surface area contributed by atoms with Crippen LogP contribution in [0.1, 0.15) is 49.5 Å². The topological polar surface area (TPSA) is 95.4 Å². The molecule has 146 valence electrons. The molecule has 0 bridgehead atoms. The third-order valence-electron chi connectivity index (χ3n) is 5.44. The first kappa shape index (κ1) is 19.8. The Balaban J connectivity index is 1.66. The lowest BCUT2D eigenvalue weighted by atomic mass is 9.87. The van der Waals surface area contributed by atoms with Crippen molar-refractivity contribution in [2.45, 2.75) is 57.9 Å². The third-order valence-corrected chi connectivity index (χ3v) is 6.66. The summed E-state index contributed by atoms with van der Waals surface area (Å²) in [4.78, 5) is 25.0. The van der Waals surface area contributed by atoms with Crippen molar-refractivity contribution in [3.8, 4) is 5.75 Å². The van der Waals surface area contributed by atoms with E-state index in [1.165, 1.54) is 11.3 Å². The fourth-order valence-electron chi connectivity index (χ4n) is 3.63. The zero-order chi connectivity index (χ0) is 19.4. The SMILES string of the molecule is CCC1CCc2c(sc3cc(OCCCCC(N)C(N)=O)ccc3c2=O)C1. The van der Waals surface area contributed by atoms with E-state index in [1.807, 2.05) is 18.2 Å². The number of unbranched alkanes of at least 4 members (excludes halogenated alkanes) is 1. The van der Waals surface area contributed by atoms with E-state index >= 15 is 0 Å². The molecule has 2 aromatic rings. The van der Waals surface area contributed by atoms with Crippen LogP contribution >= 0.6 is 11.3 Å². The van der Waals surface area contributed by atoms with E-state index < -0.39 is 11.9 Å². The van der Waals surface area contributed by atoms with Gasteiger partial charge in [0.25, 0.3) is 0 Å². The number of fused-ring (bicyclic) bond motifs is 2. The van der Waals surface area contributed by atoms with Crippen molar-refractivity contribution in [1.82, 2.24) is 0 Å². The van der Waals surface area contributed by atoms with Gasteiger partial charge in [-0.3, -0.25) is 9.59 Å². The molecule has 0 saturated carbocycles. The van der Waals surface area contributed by atoms with Crippen molar-refractivity contribution < 1.29 is 9.53 Å². The van der Waals surface area contributed by atoms with Crippen LogP contribution in [-0.4, -0.2) is 18.6 Å². The summed E-state index contributed by atoms with van der Waals surface area (Å²) in [6, 6.07) is 5.15. The highest BCUT2D eigenvalue weighted by atomic mass is 32.1. The summed E-state index contributed by atoms with van der Waals surface area (Å²) in [5, 5.41) is 0.800. The molecule has 1 aromatic carbocycles. The Morgan fingerprint density at radius 3 is 2.93 bits per heavy atom. The molecule has 1 aliphatic carbocycles. The Labute approximate surface area is 163 Å². The third kappa shape index (κ3) is 4.68. The second-order valence-electron chi connectivity index (χ2n) is 7.36. The van der Waals surface area contributed by atoms with Crippen LogP contribution in [0.2, 0.25) is 0 Å². The molecule has 1 heterocycles. The van der Waals surface area contributed by atoms with Gasteiger partial charge in [-0.25, -0.2) is 0 Å². The summed E-state index contributed by atoms with van der Waals surface area (Å²) in [7, 11) is 0. The van der Waals surface area contributed by atoms with E-state index in [1.54, 1.807) is 11.3 Å². The number of carbonyl (C=O) groups is 1. The molecule has 27 heavy (non-hydrogen) atoms. The van der Waals surface area contributed by atoms with Crippen molar-refractivity contribution in [2.24, 2.45) is 17.4 Å². The highest BCUT2D eigenvalue weighted by Crippen LogP contribution is 2.33. The van der Waals surface area contributed by atoms with Gasteiger partial charge in [0.1, 0.15) is 5.75 Å². The van der Waals surface area contributed by atoms with Gasteiger partial charge in [0.05, 0.1) is 12.6 Å². The van der Waals surface area contributed by atoms with Crippen molar-refractivity contribution >= 4 is 27.3 Å². The second kappa shape index (κ2) is 8.85. The van der Waals surface area contributed by atoms with E-state index in [-0.39, 0.29) is 5.43 Å². The monoisotopic (exact) mass is 388 g/mol. The van der Waals surface area contributed by atoms with Gasteiger partial charge >= 0.3 is 0 Å². The number of hydrogen-bond donors (Lipinski definition) is 2. The predicted molar refractivity (Wildman–Crippen MR) is 110 cm³/mol. The molecule has 0 radical (unpaired) electrons. The van der Waals surface area contributed by atoms with E-state index in [0.717, 1.165) is 53.5 Å². The molecule has 1 amide bonds. The molecule has 5 nitrogen and oxygen atoms in total. The maximum atomic E-state index is 12.8. The number of rotatable bonds is 8. The van der Waals surface area contributed by atoms with Gasteiger partial charge in [0.2, 0.25) is 5.91 Å². The first-order chi connectivity index (χ1) is 13.0. The average molecular weight is 389 g/mol. The number of hydrogen-bond acceptors (Lipinski definition) is 5. The molecule has 0 fully saturated rings. The van der Waals surface area contributed by atoms with Gasteiger partial charge in [-0.05, 0) is 62.6 Å². The number of nitrogens with two attached hydrogens (primary N) is 2. The molecular formula is C21H28N2O3S. The number of carbonyl (C=O) groups excluding carboxylic acids is 1. The Bertz CT molecular complexity index is 878. The lowest BCUT2D eigenvalue weighted by Gasteiger charge is -2.22. The van der Waals surface area contributed by atoms with Crippen LogP contribution in [-0.2, 0) is 17.6 Å². The second-order valence-corrected chi connectivity index (χ2v) is 8.50. The summed E-state index contributed by atoms with van der Waals surface area (Å²) in [5.41, 5.74) is 12.0. The molecule has 2 atom stereocenters. The first-order valence-corrected chi connectivity index (χ1v) is 10.6. The molecule has 4 N–H and O–H groups in total. The van der Waals surface area contributed by atoms with E-state index in [9.17, 15) is 9.59 Å². The minimum Gasteiger partial charge on any atom is -0.494 e. The summed E-state index contributed by atoms with van der Waals surface area (Å²) >= 11 is 1.74. The zero-order valence-corrected chi connectivity index (χ0v) is 16.6. The predicted octanol–water partition coefficient (Wildman–Crippen LogP) is 3.14. The number of ether oxygens (including phenoxy) is 1. The molecule has 0 aliphatic heterocycles. The summed E-state index contributed by atoms with van der Waals surface area (Å²) in [5.74, 6) is 1.01. The standard InChI is InChI=1S/C21H28N2O3S/c1-2-13-6-8-15-18(11-13)27-19-12-14(7-9-16(19)20(15)24)26-10-4-3-5-17(22)21(23)25/h7,9,12-13,17H,2-6,8,10-11,22H2,1H3,(H2,23,25). The highest BCUT2D eigenvalue weighted by Gasteiger charge is 2.21. The minimum absolute atomic E-state index is 0.195. The minimum atomic E-state index is -0.582. The smallest absolute Gasteiger partial charge is 0.234 e. The van der Waals surface area contributed by atoms with Crippen molar-refractivity contribution in [3.05, 3.63) is 38.9 Å². The van der Waals surface area contributed by atoms with E-state index in [4.69, 9.17) is 16.2 Å². The van der Waals surface area contributed by atoms with Gasteiger partial charge < -0.3 is 16.2 Å². The van der Waals surface area contributed by atoms with Gasteiger partial charge in [-0.2, -0.15) is 0 Å². The fraction of sp³-hybridized carbons (Fsp3) is 0.524. The summed E-state index contributed by atoms with van der Waals surface area (Å²) in [6.45, 7) is 2.77. The van der Waals surface area contributed by atoms with Crippen LogP contribution in [0.3, 0.4) is 0 Å². The molecule has 6 heteroatoms. The molecular weight excluding hydrogens is 360 g/mol. The van der Waals surface area contributed by atoms with Gasteiger partial charge in [0.15, 0.2) is 5.43 Å². The van der Waals surface area contributed by atoms with E-state index in [0.29, 0.717) is 18.9 Å². The van der Waals surface area contributed by atoms with Gasteiger partial charge in [-0.15, -0.1) is 11.3 Å². The number of primary amides is 1. The van der Waals surface area contributed by atoms with Crippen LogP contribution in [0.25, 0.3) is 10.1 Å². The van der Waals surface area contributed by atoms with E-state index in [2.05, 4.69) is 6.92 Å². The highest BCUT2D eigenvalue weighted by molar-refractivity contribution is 7.18.